The number of nitrogens with zero attached hydrogens (tertiary/aromatic N) is 1. The Balaban J connectivity index is 2.79. The van der Waals surface area contributed by atoms with Gasteiger partial charge in [0.05, 0.1) is 12.3 Å². The van der Waals surface area contributed by atoms with Gasteiger partial charge in [-0.1, -0.05) is 0 Å². The molecule has 13 heavy (non-hydrogen) atoms. The summed E-state index contributed by atoms with van der Waals surface area (Å²) in [7, 11) is 0. The van der Waals surface area contributed by atoms with E-state index in [1.54, 1.807) is 0 Å². The van der Waals surface area contributed by atoms with Crippen molar-refractivity contribution in [3.63, 3.8) is 0 Å². The Morgan fingerprint density at radius 3 is 2.77 bits per heavy atom. The fourth-order valence-corrected chi connectivity index (χ4v) is 1.20. The van der Waals surface area contributed by atoms with Crippen LogP contribution in [0.25, 0.3) is 0 Å². The fraction of sp³-hybridized carbons (Fsp3) is 0.500. The van der Waals surface area contributed by atoms with Gasteiger partial charge in [-0.05, 0) is 32.5 Å². The van der Waals surface area contributed by atoms with E-state index in [4.69, 9.17) is 10.5 Å². The van der Waals surface area contributed by atoms with E-state index in [9.17, 15) is 0 Å². The topological polar surface area (TPSA) is 48.1 Å². The van der Waals surface area contributed by atoms with Gasteiger partial charge in [0, 0.05) is 12.1 Å². The van der Waals surface area contributed by atoms with Gasteiger partial charge in [-0.25, -0.2) is 0 Å². The smallest absolute Gasteiger partial charge is 0.140 e. The van der Waals surface area contributed by atoms with Gasteiger partial charge < -0.3 is 10.5 Å². The van der Waals surface area contributed by atoms with Crippen LogP contribution in [-0.2, 0) is 6.42 Å². The molecule has 0 aliphatic carbocycles. The minimum absolute atomic E-state index is 0.639. The van der Waals surface area contributed by atoms with Crippen molar-refractivity contribution >= 4 is 0 Å². The van der Waals surface area contributed by atoms with E-state index in [0.717, 1.165) is 23.6 Å². The van der Waals surface area contributed by atoms with E-state index in [1.165, 1.54) is 0 Å². The van der Waals surface area contributed by atoms with Crippen molar-refractivity contribution < 1.29 is 4.74 Å². The minimum atomic E-state index is 0.639. The van der Waals surface area contributed by atoms with Crippen LogP contribution in [0.2, 0.25) is 0 Å². The average molecular weight is 180 g/mol. The van der Waals surface area contributed by atoms with Crippen LogP contribution in [-0.4, -0.2) is 18.1 Å². The fourth-order valence-electron chi connectivity index (χ4n) is 1.20. The van der Waals surface area contributed by atoms with E-state index in [-0.39, 0.29) is 0 Å². The predicted octanol–water partition coefficient (Wildman–Crippen LogP) is 1.29. The maximum atomic E-state index is 5.44. The van der Waals surface area contributed by atoms with Crippen molar-refractivity contribution in [2.75, 3.05) is 13.2 Å². The molecule has 0 aliphatic heterocycles. The van der Waals surface area contributed by atoms with Gasteiger partial charge in [-0.3, -0.25) is 4.98 Å². The maximum Gasteiger partial charge on any atom is 0.140 e. The van der Waals surface area contributed by atoms with Gasteiger partial charge in [0.25, 0.3) is 0 Å². The van der Waals surface area contributed by atoms with Gasteiger partial charge in [-0.2, -0.15) is 0 Å². The Kier molecular flexibility index (Phi) is 3.71. The molecule has 0 radical (unpaired) electrons. The summed E-state index contributed by atoms with van der Waals surface area (Å²) in [5.74, 6) is 0.864. The second kappa shape index (κ2) is 4.82. The third-order valence-corrected chi connectivity index (χ3v) is 1.80. The Morgan fingerprint density at radius 1 is 1.46 bits per heavy atom. The molecule has 0 aromatic carbocycles. The molecule has 2 N–H and O–H groups in total. The lowest BCUT2D eigenvalue weighted by Gasteiger charge is -2.07. The lowest BCUT2D eigenvalue weighted by Crippen LogP contribution is -2.05. The van der Waals surface area contributed by atoms with Crippen molar-refractivity contribution in [3.05, 3.63) is 23.5 Å². The summed E-state index contributed by atoms with van der Waals surface area (Å²) in [5.41, 5.74) is 7.40. The summed E-state index contributed by atoms with van der Waals surface area (Å²) in [6.07, 6.45) is 0.827. The number of hydrogen-bond acceptors (Lipinski definition) is 3. The molecule has 0 fully saturated rings. The van der Waals surface area contributed by atoms with Gasteiger partial charge in [0.2, 0.25) is 0 Å². The average Bonchev–Trinajstić information content (AvgIpc) is 2.10. The summed E-state index contributed by atoms with van der Waals surface area (Å²) in [5, 5.41) is 0. The molecule has 0 saturated heterocycles. The standard InChI is InChI=1S/C10H16N2O/c1-3-13-10-5-4-9(6-7-11)12-8(10)2/h4-5H,3,6-7,11H2,1-2H3. The van der Waals surface area contributed by atoms with Gasteiger partial charge >= 0.3 is 0 Å². The highest BCUT2D eigenvalue weighted by Gasteiger charge is 2.00. The molecule has 0 aliphatic rings. The highest BCUT2D eigenvalue weighted by atomic mass is 16.5. The number of pyridine rings is 1. The quantitative estimate of drug-likeness (QED) is 0.759. The molecule has 1 aromatic heterocycles. The predicted molar refractivity (Wildman–Crippen MR) is 52.9 cm³/mol. The Labute approximate surface area is 78.9 Å². The summed E-state index contributed by atoms with van der Waals surface area (Å²) in [6.45, 7) is 5.23. The van der Waals surface area contributed by atoms with Crippen LogP contribution in [0.15, 0.2) is 12.1 Å². The third-order valence-electron chi connectivity index (χ3n) is 1.80. The first kappa shape index (κ1) is 9.99. The van der Waals surface area contributed by atoms with Crippen LogP contribution in [0.1, 0.15) is 18.3 Å². The van der Waals surface area contributed by atoms with Crippen molar-refractivity contribution in [2.45, 2.75) is 20.3 Å². The van der Waals surface area contributed by atoms with Crippen LogP contribution < -0.4 is 10.5 Å². The molecule has 1 aromatic rings. The van der Waals surface area contributed by atoms with Crippen molar-refractivity contribution in [2.24, 2.45) is 5.73 Å². The molecule has 1 heterocycles. The number of aromatic nitrogens is 1. The largest absolute Gasteiger partial charge is 0.492 e. The minimum Gasteiger partial charge on any atom is -0.492 e. The molecule has 0 atom stereocenters. The van der Waals surface area contributed by atoms with Gasteiger partial charge in [-0.15, -0.1) is 0 Å². The first-order valence-electron chi connectivity index (χ1n) is 4.57. The van der Waals surface area contributed by atoms with E-state index in [2.05, 4.69) is 4.98 Å². The normalized spacial score (nSPS) is 10.1. The van der Waals surface area contributed by atoms with Gasteiger partial charge in [0.1, 0.15) is 5.75 Å². The van der Waals surface area contributed by atoms with Crippen molar-refractivity contribution in [3.8, 4) is 5.75 Å². The molecule has 1 rings (SSSR count). The second-order valence-corrected chi connectivity index (χ2v) is 2.86. The first-order chi connectivity index (χ1) is 6.27. The SMILES string of the molecule is CCOc1ccc(CCN)nc1C. The van der Waals surface area contributed by atoms with E-state index >= 15 is 0 Å². The molecule has 0 unspecified atom stereocenters. The molecule has 3 heteroatoms. The van der Waals surface area contributed by atoms with Crippen LogP contribution in [0.3, 0.4) is 0 Å². The molecule has 0 spiro atoms. The van der Waals surface area contributed by atoms with Crippen LogP contribution >= 0.6 is 0 Å². The Morgan fingerprint density at radius 2 is 2.23 bits per heavy atom. The zero-order valence-corrected chi connectivity index (χ0v) is 8.21. The molecule has 0 saturated carbocycles. The molecule has 72 valence electrons. The van der Waals surface area contributed by atoms with Crippen LogP contribution in [0.4, 0.5) is 0 Å². The van der Waals surface area contributed by atoms with Gasteiger partial charge in [0.15, 0.2) is 0 Å². The highest BCUT2D eigenvalue weighted by Crippen LogP contribution is 2.15. The highest BCUT2D eigenvalue weighted by molar-refractivity contribution is 5.28. The van der Waals surface area contributed by atoms with Crippen LogP contribution in [0.5, 0.6) is 5.75 Å². The number of aryl methyl sites for hydroxylation is 1. The zero-order valence-electron chi connectivity index (χ0n) is 8.21. The number of nitrogens with two attached hydrogens (primary N) is 1. The number of rotatable bonds is 4. The van der Waals surface area contributed by atoms with E-state index < -0.39 is 0 Å². The molecule has 0 amide bonds. The summed E-state index contributed by atoms with van der Waals surface area (Å²) >= 11 is 0. The van der Waals surface area contributed by atoms with Crippen LogP contribution in [0, 0.1) is 6.92 Å². The third kappa shape index (κ3) is 2.70. The second-order valence-electron chi connectivity index (χ2n) is 2.86. The van der Waals surface area contributed by atoms with Crippen molar-refractivity contribution in [1.82, 2.24) is 4.98 Å². The van der Waals surface area contributed by atoms with E-state index in [0.29, 0.717) is 13.2 Å². The summed E-state index contributed by atoms with van der Waals surface area (Å²) < 4.78 is 5.38. The van der Waals surface area contributed by atoms with E-state index in [1.807, 2.05) is 26.0 Å². The lowest BCUT2D eigenvalue weighted by atomic mass is 10.2. The number of hydrogen-bond donors (Lipinski definition) is 1. The number of ether oxygens (including phenoxy) is 1. The molecule has 3 nitrogen and oxygen atoms in total. The lowest BCUT2D eigenvalue weighted by molar-refractivity contribution is 0.336. The Hall–Kier alpha value is -1.09. The molecular weight excluding hydrogens is 164 g/mol. The Bertz CT molecular complexity index is 274. The summed E-state index contributed by atoms with van der Waals surface area (Å²) in [6, 6.07) is 3.92. The zero-order chi connectivity index (χ0) is 9.68. The molecular formula is C10H16N2O. The maximum absolute atomic E-state index is 5.44. The first-order valence-corrected chi connectivity index (χ1v) is 4.57. The van der Waals surface area contributed by atoms with Crippen molar-refractivity contribution in [1.29, 1.82) is 0 Å². The monoisotopic (exact) mass is 180 g/mol. The summed E-state index contributed by atoms with van der Waals surface area (Å²) in [4.78, 5) is 4.38. The molecule has 0 bridgehead atoms.